The number of guanidine groups is 1. The van der Waals surface area contributed by atoms with E-state index in [4.69, 9.17) is 9.73 Å². The molecule has 0 radical (unpaired) electrons. The van der Waals surface area contributed by atoms with Crippen LogP contribution in [0.25, 0.3) is 0 Å². The SMILES string of the molecule is CCNC(=NCCCOc1ccccc1C)NC1CC2CCCC(C1)N2C. The molecule has 27 heavy (non-hydrogen) atoms. The summed E-state index contributed by atoms with van der Waals surface area (Å²) in [5.74, 6) is 1.94. The Kier molecular flexibility index (Phi) is 7.39. The van der Waals surface area contributed by atoms with E-state index in [2.05, 4.69) is 42.5 Å². The molecule has 2 unspecified atom stereocenters. The van der Waals surface area contributed by atoms with Crippen molar-refractivity contribution < 1.29 is 4.74 Å². The number of aliphatic imine (C=N–C) groups is 1. The van der Waals surface area contributed by atoms with E-state index in [1.165, 1.54) is 37.7 Å². The second-order valence-corrected chi connectivity index (χ2v) is 7.94. The summed E-state index contributed by atoms with van der Waals surface area (Å²) >= 11 is 0. The van der Waals surface area contributed by atoms with Gasteiger partial charge in [-0.2, -0.15) is 0 Å². The third-order valence-electron chi connectivity index (χ3n) is 5.95. The molecule has 2 heterocycles. The van der Waals surface area contributed by atoms with Gasteiger partial charge in [-0.25, -0.2) is 0 Å². The molecule has 1 aromatic carbocycles. The normalized spacial score (nSPS) is 25.9. The van der Waals surface area contributed by atoms with Crippen LogP contribution in [0.5, 0.6) is 5.75 Å². The van der Waals surface area contributed by atoms with Gasteiger partial charge in [0.25, 0.3) is 0 Å². The van der Waals surface area contributed by atoms with Gasteiger partial charge in [0.1, 0.15) is 5.75 Å². The molecule has 5 nitrogen and oxygen atoms in total. The third-order valence-corrected chi connectivity index (χ3v) is 5.95. The molecule has 2 aliphatic heterocycles. The molecule has 2 atom stereocenters. The Morgan fingerprint density at radius 2 is 1.96 bits per heavy atom. The maximum Gasteiger partial charge on any atom is 0.191 e. The van der Waals surface area contributed by atoms with E-state index in [1.54, 1.807) is 0 Å². The molecule has 0 aliphatic carbocycles. The summed E-state index contributed by atoms with van der Waals surface area (Å²) in [5, 5.41) is 7.10. The molecule has 0 spiro atoms. The van der Waals surface area contributed by atoms with Gasteiger partial charge in [0.05, 0.1) is 6.61 Å². The lowest BCUT2D eigenvalue weighted by molar-refractivity contribution is 0.0526. The van der Waals surface area contributed by atoms with Gasteiger partial charge in [-0.05, 0) is 58.2 Å². The maximum absolute atomic E-state index is 5.88. The van der Waals surface area contributed by atoms with Crippen LogP contribution in [-0.4, -0.2) is 55.7 Å². The van der Waals surface area contributed by atoms with Gasteiger partial charge in [-0.15, -0.1) is 0 Å². The molecular weight excluding hydrogens is 336 g/mol. The highest BCUT2D eigenvalue weighted by molar-refractivity contribution is 5.80. The minimum Gasteiger partial charge on any atom is -0.493 e. The van der Waals surface area contributed by atoms with Gasteiger partial charge >= 0.3 is 0 Å². The lowest BCUT2D eigenvalue weighted by atomic mass is 9.82. The number of rotatable bonds is 7. The summed E-state index contributed by atoms with van der Waals surface area (Å²) in [6, 6.07) is 10.2. The average molecular weight is 373 g/mol. The van der Waals surface area contributed by atoms with E-state index in [0.29, 0.717) is 12.6 Å². The fourth-order valence-corrected chi connectivity index (χ4v) is 4.40. The minimum absolute atomic E-state index is 0.539. The second kappa shape index (κ2) is 9.98. The highest BCUT2D eigenvalue weighted by atomic mass is 16.5. The Labute approximate surface area is 164 Å². The molecule has 0 amide bonds. The van der Waals surface area contributed by atoms with Crippen LogP contribution in [0.1, 0.15) is 51.0 Å². The molecule has 2 bridgehead atoms. The lowest BCUT2D eigenvalue weighted by Gasteiger charge is -2.47. The zero-order valence-electron chi connectivity index (χ0n) is 17.2. The van der Waals surface area contributed by atoms with Gasteiger partial charge < -0.3 is 20.3 Å². The Balaban J connectivity index is 1.45. The average Bonchev–Trinajstić information content (AvgIpc) is 2.64. The van der Waals surface area contributed by atoms with Gasteiger partial charge in [0.15, 0.2) is 5.96 Å². The van der Waals surface area contributed by atoms with E-state index in [-0.39, 0.29) is 0 Å². The smallest absolute Gasteiger partial charge is 0.191 e. The first-order chi connectivity index (χ1) is 13.2. The number of para-hydroxylation sites is 1. The van der Waals surface area contributed by atoms with Crippen molar-refractivity contribution in [2.24, 2.45) is 4.99 Å². The number of aryl methyl sites for hydroxylation is 1. The zero-order chi connectivity index (χ0) is 19.1. The number of fused-ring (bicyclic) bond motifs is 2. The molecule has 0 aromatic heterocycles. The predicted octanol–water partition coefficient (Wildman–Crippen LogP) is 3.33. The topological polar surface area (TPSA) is 48.9 Å². The number of hydrogen-bond acceptors (Lipinski definition) is 3. The van der Waals surface area contributed by atoms with Gasteiger partial charge in [0.2, 0.25) is 0 Å². The number of piperidine rings is 2. The molecule has 5 heteroatoms. The standard InChI is InChI=1S/C22H36N4O/c1-4-23-22(24-13-8-14-27-21-12-6-5-9-17(21)2)25-18-15-19-10-7-11-20(16-18)26(19)3/h5-6,9,12,18-20H,4,7-8,10-11,13-16H2,1-3H3,(H2,23,24,25). The predicted molar refractivity (Wildman–Crippen MR) is 113 cm³/mol. The Bertz CT molecular complexity index is 604. The quantitative estimate of drug-likeness (QED) is 0.438. The van der Waals surface area contributed by atoms with Crippen molar-refractivity contribution in [3.63, 3.8) is 0 Å². The van der Waals surface area contributed by atoms with Gasteiger partial charge in [-0.3, -0.25) is 4.99 Å². The van der Waals surface area contributed by atoms with Crippen LogP contribution in [0.2, 0.25) is 0 Å². The van der Waals surface area contributed by atoms with Gasteiger partial charge in [0, 0.05) is 37.6 Å². The third kappa shape index (κ3) is 5.61. The Morgan fingerprint density at radius 1 is 1.22 bits per heavy atom. The van der Waals surface area contributed by atoms with Crippen LogP contribution >= 0.6 is 0 Å². The van der Waals surface area contributed by atoms with E-state index in [1.807, 2.05) is 18.2 Å². The van der Waals surface area contributed by atoms with E-state index in [9.17, 15) is 0 Å². The van der Waals surface area contributed by atoms with Crippen LogP contribution in [0.4, 0.5) is 0 Å². The first-order valence-corrected chi connectivity index (χ1v) is 10.6. The molecule has 3 rings (SSSR count). The number of hydrogen-bond donors (Lipinski definition) is 2. The summed E-state index contributed by atoms with van der Waals surface area (Å²) in [6.45, 7) is 6.58. The lowest BCUT2D eigenvalue weighted by Crippen LogP contribution is -2.56. The molecule has 150 valence electrons. The van der Waals surface area contributed by atoms with Crippen LogP contribution in [0, 0.1) is 6.92 Å². The van der Waals surface area contributed by atoms with Crippen molar-refractivity contribution in [3.8, 4) is 5.75 Å². The summed E-state index contributed by atoms with van der Waals surface area (Å²) in [6.07, 6.45) is 7.46. The summed E-state index contributed by atoms with van der Waals surface area (Å²) in [4.78, 5) is 7.38. The van der Waals surface area contributed by atoms with E-state index in [0.717, 1.165) is 43.3 Å². The molecule has 0 saturated carbocycles. The van der Waals surface area contributed by atoms with E-state index < -0.39 is 0 Å². The first-order valence-electron chi connectivity index (χ1n) is 10.6. The first kappa shape index (κ1) is 20.0. The van der Waals surface area contributed by atoms with Crippen molar-refractivity contribution in [2.45, 2.75) is 70.5 Å². The van der Waals surface area contributed by atoms with Crippen molar-refractivity contribution in [1.29, 1.82) is 0 Å². The van der Waals surface area contributed by atoms with Crippen LogP contribution in [0.15, 0.2) is 29.3 Å². The number of nitrogens with one attached hydrogen (secondary N) is 2. The molecule has 2 saturated heterocycles. The molecule has 2 aliphatic rings. The monoisotopic (exact) mass is 372 g/mol. The summed E-state index contributed by atoms with van der Waals surface area (Å²) in [5.41, 5.74) is 1.18. The van der Waals surface area contributed by atoms with Crippen LogP contribution in [0.3, 0.4) is 0 Å². The van der Waals surface area contributed by atoms with Crippen molar-refractivity contribution in [2.75, 3.05) is 26.7 Å². The highest BCUT2D eigenvalue weighted by Crippen LogP contribution is 2.32. The number of nitrogens with zero attached hydrogens (tertiary/aromatic N) is 2. The van der Waals surface area contributed by atoms with Crippen LogP contribution in [-0.2, 0) is 0 Å². The van der Waals surface area contributed by atoms with Crippen molar-refractivity contribution in [1.82, 2.24) is 15.5 Å². The Hall–Kier alpha value is -1.75. The zero-order valence-corrected chi connectivity index (χ0v) is 17.2. The fourth-order valence-electron chi connectivity index (χ4n) is 4.40. The summed E-state index contributed by atoms with van der Waals surface area (Å²) < 4.78 is 5.88. The summed E-state index contributed by atoms with van der Waals surface area (Å²) in [7, 11) is 2.30. The molecule has 1 aromatic rings. The fraction of sp³-hybridized carbons (Fsp3) is 0.682. The van der Waals surface area contributed by atoms with E-state index >= 15 is 0 Å². The number of ether oxygens (including phenoxy) is 1. The highest BCUT2D eigenvalue weighted by Gasteiger charge is 2.36. The number of benzene rings is 1. The van der Waals surface area contributed by atoms with Crippen molar-refractivity contribution >= 4 is 5.96 Å². The largest absolute Gasteiger partial charge is 0.493 e. The second-order valence-electron chi connectivity index (χ2n) is 7.94. The molecular formula is C22H36N4O. The molecule has 2 fully saturated rings. The maximum atomic E-state index is 5.88. The Morgan fingerprint density at radius 3 is 2.67 bits per heavy atom. The molecule has 2 N–H and O–H groups in total. The minimum atomic E-state index is 0.539. The van der Waals surface area contributed by atoms with Gasteiger partial charge in [-0.1, -0.05) is 24.6 Å². The van der Waals surface area contributed by atoms with Crippen molar-refractivity contribution in [3.05, 3.63) is 29.8 Å². The van der Waals surface area contributed by atoms with Crippen LogP contribution < -0.4 is 15.4 Å².